The van der Waals surface area contributed by atoms with Crippen LogP contribution in [0.2, 0.25) is 0 Å². The lowest BCUT2D eigenvalue weighted by Gasteiger charge is -2.37. The van der Waals surface area contributed by atoms with Gasteiger partial charge in [0.05, 0.1) is 0 Å². The summed E-state index contributed by atoms with van der Waals surface area (Å²) in [6.07, 6.45) is 1.70. The van der Waals surface area contributed by atoms with Crippen LogP contribution >= 0.6 is 0 Å². The Hall–Kier alpha value is -3.35. The van der Waals surface area contributed by atoms with E-state index in [2.05, 4.69) is 29.6 Å². The fourth-order valence-electron chi connectivity index (χ4n) is 5.46. The van der Waals surface area contributed by atoms with Gasteiger partial charge in [-0.05, 0) is 53.4 Å². The van der Waals surface area contributed by atoms with E-state index in [1.807, 2.05) is 38.1 Å². The fraction of sp³-hybridized carbons (Fsp3) is 0.464. The summed E-state index contributed by atoms with van der Waals surface area (Å²) >= 11 is 0. The zero-order valence-corrected chi connectivity index (χ0v) is 20.4. The third-order valence-electron chi connectivity index (χ3n) is 7.41. The highest BCUT2D eigenvalue weighted by molar-refractivity contribution is 5.86. The Morgan fingerprint density at radius 1 is 1.09 bits per heavy atom. The molecule has 1 saturated heterocycles. The van der Waals surface area contributed by atoms with Crippen LogP contribution in [0.5, 0.6) is 0 Å². The third kappa shape index (κ3) is 5.50. The SMILES string of the molecule is CCC(NC(=O)OCC1c2ccccc2-c2ccccc21)C(=O)N1CCCC(C(C)CC(=O)O)C1. The van der Waals surface area contributed by atoms with Crippen LogP contribution in [0.1, 0.15) is 56.6 Å². The molecule has 1 aliphatic carbocycles. The van der Waals surface area contributed by atoms with E-state index in [4.69, 9.17) is 9.84 Å². The Labute approximate surface area is 206 Å². The molecule has 0 aromatic heterocycles. The molecule has 2 N–H and O–H groups in total. The molecule has 2 aromatic rings. The van der Waals surface area contributed by atoms with E-state index in [-0.39, 0.29) is 36.7 Å². The minimum atomic E-state index is -0.815. The number of carbonyl (C=O) groups excluding carboxylic acids is 2. The lowest BCUT2D eigenvalue weighted by Crippen LogP contribution is -2.51. The van der Waals surface area contributed by atoms with E-state index in [0.717, 1.165) is 35.1 Å². The lowest BCUT2D eigenvalue weighted by atomic mass is 9.84. The molecule has 1 heterocycles. The number of hydrogen-bond acceptors (Lipinski definition) is 4. The smallest absolute Gasteiger partial charge is 0.407 e. The first-order valence-corrected chi connectivity index (χ1v) is 12.5. The molecule has 0 radical (unpaired) electrons. The van der Waals surface area contributed by atoms with Gasteiger partial charge in [-0.3, -0.25) is 9.59 Å². The highest BCUT2D eigenvalue weighted by Gasteiger charge is 2.33. The standard InChI is InChI=1S/C28H34N2O5/c1-3-25(27(33)30-14-8-9-19(16-30)18(2)15-26(31)32)29-28(34)35-17-24-22-12-6-4-10-20(22)21-11-5-7-13-23(21)24/h4-7,10-13,18-19,24-25H,3,8-9,14-17H2,1-2H3,(H,29,34)(H,31,32). The van der Waals surface area contributed by atoms with Gasteiger partial charge in [0.2, 0.25) is 5.91 Å². The van der Waals surface area contributed by atoms with Crippen molar-refractivity contribution in [1.82, 2.24) is 10.2 Å². The maximum atomic E-state index is 13.2. The van der Waals surface area contributed by atoms with E-state index in [0.29, 0.717) is 19.5 Å². The summed E-state index contributed by atoms with van der Waals surface area (Å²) in [7, 11) is 0. The molecule has 0 bridgehead atoms. The number of likely N-dealkylation sites (tertiary alicyclic amines) is 1. The van der Waals surface area contributed by atoms with Crippen molar-refractivity contribution in [2.45, 2.75) is 51.5 Å². The van der Waals surface area contributed by atoms with Crippen LogP contribution < -0.4 is 5.32 Å². The van der Waals surface area contributed by atoms with E-state index in [1.165, 1.54) is 0 Å². The summed E-state index contributed by atoms with van der Waals surface area (Å²) in [6.45, 7) is 5.14. The van der Waals surface area contributed by atoms with Gasteiger partial charge in [-0.25, -0.2) is 4.79 Å². The molecular formula is C28H34N2O5. The summed E-state index contributed by atoms with van der Waals surface area (Å²) < 4.78 is 5.63. The van der Waals surface area contributed by atoms with Crippen molar-refractivity contribution in [1.29, 1.82) is 0 Å². The number of piperidine rings is 1. The molecule has 2 amide bonds. The van der Waals surface area contributed by atoms with Gasteiger partial charge >= 0.3 is 12.1 Å². The summed E-state index contributed by atoms with van der Waals surface area (Å²) in [4.78, 5) is 38.8. The van der Waals surface area contributed by atoms with Gasteiger partial charge in [0, 0.05) is 25.4 Å². The first-order valence-electron chi connectivity index (χ1n) is 12.5. The van der Waals surface area contributed by atoms with Gasteiger partial charge in [0.15, 0.2) is 0 Å². The van der Waals surface area contributed by atoms with E-state index in [9.17, 15) is 14.4 Å². The van der Waals surface area contributed by atoms with Crippen LogP contribution in [0.4, 0.5) is 4.79 Å². The Bertz CT molecular complexity index is 1040. The minimum absolute atomic E-state index is 0.00160. The Morgan fingerprint density at radius 3 is 2.31 bits per heavy atom. The minimum Gasteiger partial charge on any atom is -0.481 e. The van der Waals surface area contributed by atoms with Gasteiger partial charge in [0.25, 0.3) is 0 Å². The predicted octanol–water partition coefficient (Wildman–Crippen LogP) is 4.65. The topological polar surface area (TPSA) is 95.9 Å². The van der Waals surface area contributed by atoms with Crippen molar-refractivity contribution in [2.24, 2.45) is 11.8 Å². The first kappa shape index (κ1) is 24.8. The number of rotatable bonds is 8. The summed E-state index contributed by atoms with van der Waals surface area (Å²) in [6, 6.07) is 15.6. The van der Waals surface area contributed by atoms with E-state index >= 15 is 0 Å². The molecule has 2 aliphatic rings. The zero-order chi connectivity index (χ0) is 24.9. The summed E-state index contributed by atoms with van der Waals surface area (Å²) in [5, 5.41) is 11.9. The number of benzene rings is 2. The predicted molar refractivity (Wildman–Crippen MR) is 133 cm³/mol. The van der Waals surface area contributed by atoms with Crippen molar-refractivity contribution in [3.8, 4) is 11.1 Å². The lowest BCUT2D eigenvalue weighted by molar-refractivity contribution is -0.139. The van der Waals surface area contributed by atoms with E-state index < -0.39 is 18.1 Å². The Kier molecular flexibility index (Phi) is 7.73. The van der Waals surface area contributed by atoms with Crippen LogP contribution in [-0.4, -0.2) is 53.7 Å². The van der Waals surface area contributed by atoms with Gasteiger partial charge in [-0.15, -0.1) is 0 Å². The molecular weight excluding hydrogens is 444 g/mol. The number of nitrogens with one attached hydrogen (secondary N) is 1. The molecule has 1 aliphatic heterocycles. The van der Waals surface area contributed by atoms with Crippen molar-refractivity contribution in [3.05, 3.63) is 59.7 Å². The number of amides is 2. The number of carbonyl (C=O) groups is 3. The van der Waals surface area contributed by atoms with Crippen LogP contribution in [0.15, 0.2) is 48.5 Å². The van der Waals surface area contributed by atoms with Crippen LogP contribution in [0, 0.1) is 11.8 Å². The molecule has 2 aromatic carbocycles. The molecule has 7 nitrogen and oxygen atoms in total. The summed E-state index contributed by atoms with van der Waals surface area (Å²) in [5.74, 6) is -0.839. The number of carboxylic acid groups (broad SMARTS) is 1. The van der Waals surface area contributed by atoms with Crippen LogP contribution in [-0.2, 0) is 14.3 Å². The second kappa shape index (κ2) is 10.9. The summed E-state index contributed by atoms with van der Waals surface area (Å²) in [5.41, 5.74) is 4.60. The third-order valence-corrected chi connectivity index (χ3v) is 7.41. The normalized spacial score (nSPS) is 18.8. The van der Waals surface area contributed by atoms with Gasteiger partial charge in [-0.1, -0.05) is 62.4 Å². The quantitative estimate of drug-likeness (QED) is 0.576. The molecule has 1 fully saturated rings. The molecule has 0 saturated carbocycles. The molecule has 0 spiro atoms. The molecule has 4 rings (SSSR count). The zero-order valence-electron chi connectivity index (χ0n) is 20.4. The Morgan fingerprint density at radius 2 is 1.71 bits per heavy atom. The maximum absolute atomic E-state index is 13.2. The van der Waals surface area contributed by atoms with Gasteiger partial charge in [-0.2, -0.15) is 0 Å². The first-order chi connectivity index (χ1) is 16.9. The maximum Gasteiger partial charge on any atom is 0.407 e. The average Bonchev–Trinajstić information content (AvgIpc) is 3.19. The van der Waals surface area contributed by atoms with Crippen molar-refractivity contribution < 1.29 is 24.2 Å². The van der Waals surface area contributed by atoms with Crippen molar-refractivity contribution >= 4 is 18.0 Å². The number of nitrogens with zero attached hydrogens (tertiary/aromatic N) is 1. The number of carboxylic acids is 1. The molecule has 35 heavy (non-hydrogen) atoms. The van der Waals surface area contributed by atoms with Gasteiger partial charge < -0.3 is 20.1 Å². The molecule has 3 atom stereocenters. The largest absolute Gasteiger partial charge is 0.481 e. The van der Waals surface area contributed by atoms with Crippen molar-refractivity contribution in [3.63, 3.8) is 0 Å². The molecule has 3 unspecified atom stereocenters. The second-order valence-corrected chi connectivity index (χ2v) is 9.69. The number of aliphatic carboxylic acids is 1. The fourth-order valence-corrected chi connectivity index (χ4v) is 5.46. The van der Waals surface area contributed by atoms with Crippen LogP contribution in [0.3, 0.4) is 0 Å². The highest BCUT2D eigenvalue weighted by Crippen LogP contribution is 2.44. The highest BCUT2D eigenvalue weighted by atomic mass is 16.5. The average molecular weight is 479 g/mol. The number of ether oxygens (including phenoxy) is 1. The molecule has 186 valence electrons. The van der Waals surface area contributed by atoms with Crippen molar-refractivity contribution in [2.75, 3.05) is 19.7 Å². The monoisotopic (exact) mass is 478 g/mol. The number of hydrogen-bond donors (Lipinski definition) is 2. The van der Waals surface area contributed by atoms with Gasteiger partial charge in [0.1, 0.15) is 12.6 Å². The van der Waals surface area contributed by atoms with E-state index in [1.54, 1.807) is 4.90 Å². The van der Waals surface area contributed by atoms with Crippen LogP contribution in [0.25, 0.3) is 11.1 Å². The Balaban J connectivity index is 1.35. The number of alkyl carbamates (subject to hydrolysis) is 1. The molecule has 7 heteroatoms. The second-order valence-electron chi connectivity index (χ2n) is 9.69. The number of fused-ring (bicyclic) bond motifs is 3.